The second-order valence-electron chi connectivity index (χ2n) is 5.93. The van der Waals surface area contributed by atoms with Crippen molar-refractivity contribution < 1.29 is 33.9 Å². The fraction of sp³-hybridized carbons (Fsp3) is 0.647. The molecule has 0 aromatic rings. The first-order chi connectivity index (χ1) is 13.6. The van der Waals surface area contributed by atoms with Crippen molar-refractivity contribution in [1.29, 1.82) is 0 Å². The largest absolute Gasteiger partial charge is 0.480 e. The molecule has 5 amide bonds. The van der Waals surface area contributed by atoms with E-state index in [-0.39, 0.29) is 32.0 Å². The minimum Gasteiger partial charge on any atom is -0.480 e. The van der Waals surface area contributed by atoms with Gasteiger partial charge in [0.05, 0.1) is 13.2 Å². The summed E-state index contributed by atoms with van der Waals surface area (Å²) >= 11 is 0. The van der Waals surface area contributed by atoms with Crippen LogP contribution in [0.4, 0.5) is 0 Å². The van der Waals surface area contributed by atoms with Crippen LogP contribution in [0.5, 0.6) is 0 Å². The van der Waals surface area contributed by atoms with Gasteiger partial charge in [-0.2, -0.15) is 0 Å². The van der Waals surface area contributed by atoms with Crippen LogP contribution in [0.25, 0.3) is 0 Å². The fourth-order valence-electron chi connectivity index (χ4n) is 2.10. The van der Waals surface area contributed by atoms with Crippen molar-refractivity contribution >= 4 is 35.5 Å². The summed E-state index contributed by atoms with van der Waals surface area (Å²) in [5.74, 6) is -3.89. The van der Waals surface area contributed by atoms with Crippen LogP contribution in [0.2, 0.25) is 0 Å². The smallest absolute Gasteiger partial charge is 0.323 e. The Bertz CT molecular complexity index is 623. The molecule has 164 valence electrons. The van der Waals surface area contributed by atoms with Crippen LogP contribution in [0.3, 0.4) is 0 Å². The highest BCUT2D eigenvalue weighted by Crippen LogP contribution is 1.95. The average Bonchev–Trinajstić information content (AvgIpc) is 2.67. The second-order valence-corrected chi connectivity index (χ2v) is 5.93. The van der Waals surface area contributed by atoms with Gasteiger partial charge in [-0.15, -0.1) is 0 Å². The molecule has 0 aliphatic heterocycles. The zero-order chi connectivity index (χ0) is 22.4. The summed E-state index contributed by atoms with van der Waals surface area (Å²) in [6.45, 7) is 3.07. The summed E-state index contributed by atoms with van der Waals surface area (Å²) in [4.78, 5) is 72.0. The summed E-state index contributed by atoms with van der Waals surface area (Å²) < 4.78 is 0. The van der Waals surface area contributed by atoms with Gasteiger partial charge in [-0.3, -0.25) is 28.8 Å². The van der Waals surface area contributed by atoms with Crippen LogP contribution in [-0.2, 0) is 28.8 Å². The Hall–Kier alpha value is -3.18. The highest BCUT2D eigenvalue weighted by atomic mass is 16.4. The maximum Gasteiger partial charge on any atom is 0.323 e. The van der Waals surface area contributed by atoms with Gasteiger partial charge in [0.25, 0.3) is 0 Å². The molecule has 0 heterocycles. The van der Waals surface area contributed by atoms with Crippen molar-refractivity contribution in [2.75, 3.05) is 39.4 Å². The molecule has 12 heteroatoms. The predicted molar refractivity (Wildman–Crippen MR) is 101 cm³/mol. The average molecular weight is 415 g/mol. The van der Waals surface area contributed by atoms with Gasteiger partial charge < -0.3 is 30.9 Å². The van der Waals surface area contributed by atoms with E-state index in [4.69, 9.17) is 5.11 Å². The number of likely N-dealkylation sites (N-methyl/N-ethyl adjacent to an activating group) is 1. The van der Waals surface area contributed by atoms with E-state index in [0.717, 1.165) is 9.80 Å². The first-order valence-electron chi connectivity index (χ1n) is 9.21. The number of carbonyl (C=O) groups is 6. The van der Waals surface area contributed by atoms with Crippen molar-refractivity contribution in [3.05, 3.63) is 0 Å². The van der Waals surface area contributed by atoms with Crippen molar-refractivity contribution in [2.24, 2.45) is 0 Å². The summed E-state index contributed by atoms with van der Waals surface area (Å²) in [5, 5.41) is 16.1. The number of carboxylic acid groups (broad SMARTS) is 1. The normalized spacial score (nSPS) is 9.90. The van der Waals surface area contributed by atoms with E-state index in [1.165, 1.54) is 6.92 Å². The van der Waals surface area contributed by atoms with Crippen molar-refractivity contribution in [1.82, 2.24) is 25.8 Å². The Morgan fingerprint density at radius 1 is 0.690 bits per heavy atom. The van der Waals surface area contributed by atoms with Crippen LogP contribution in [0.15, 0.2) is 0 Å². The molecule has 0 bridgehead atoms. The van der Waals surface area contributed by atoms with E-state index in [1.807, 2.05) is 0 Å². The Balaban J connectivity index is 4.84. The van der Waals surface area contributed by atoms with E-state index in [0.29, 0.717) is 6.54 Å². The van der Waals surface area contributed by atoms with E-state index < -0.39 is 49.2 Å². The highest BCUT2D eigenvalue weighted by Gasteiger charge is 2.21. The minimum atomic E-state index is -1.27. The molecule has 0 atom stereocenters. The first-order valence-corrected chi connectivity index (χ1v) is 9.21. The monoisotopic (exact) mass is 415 g/mol. The second kappa shape index (κ2) is 13.9. The maximum absolute atomic E-state index is 12.3. The number of carbonyl (C=O) groups excluding carboxylic acids is 5. The lowest BCUT2D eigenvalue weighted by Crippen LogP contribution is -2.50. The lowest BCUT2D eigenvalue weighted by Gasteiger charge is -2.23. The van der Waals surface area contributed by atoms with E-state index in [1.54, 1.807) is 13.8 Å². The first kappa shape index (κ1) is 25.8. The predicted octanol–water partition coefficient (Wildman–Crippen LogP) is -2.13. The molecular weight excluding hydrogens is 386 g/mol. The van der Waals surface area contributed by atoms with Gasteiger partial charge in [0.15, 0.2) is 0 Å². The Morgan fingerprint density at radius 3 is 1.79 bits per heavy atom. The van der Waals surface area contributed by atoms with Gasteiger partial charge in [0.1, 0.15) is 19.6 Å². The third-order valence-electron chi connectivity index (χ3n) is 3.60. The quantitative estimate of drug-likeness (QED) is 0.250. The number of nitrogens with one attached hydrogen (secondary N) is 3. The maximum atomic E-state index is 12.3. The zero-order valence-electron chi connectivity index (χ0n) is 16.9. The molecule has 0 aromatic carbocycles. The van der Waals surface area contributed by atoms with Crippen molar-refractivity contribution in [2.45, 2.75) is 33.6 Å². The van der Waals surface area contributed by atoms with Crippen LogP contribution >= 0.6 is 0 Å². The Morgan fingerprint density at radius 2 is 1.28 bits per heavy atom. The summed E-state index contributed by atoms with van der Waals surface area (Å²) in [6, 6.07) is 0. The zero-order valence-corrected chi connectivity index (χ0v) is 16.9. The van der Waals surface area contributed by atoms with E-state index in [2.05, 4.69) is 16.0 Å². The van der Waals surface area contributed by atoms with Gasteiger partial charge in [0.2, 0.25) is 29.5 Å². The summed E-state index contributed by atoms with van der Waals surface area (Å²) in [6.07, 6.45) is 0.224. The molecule has 0 fully saturated rings. The Kier molecular flexibility index (Phi) is 12.4. The van der Waals surface area contributed by atoms with Crippen molar-refractivity contribution in [3.63, 3.8) is 0 Å². The number of hydrogen-bond donors (Lipinski definition) is 4. The number of rotatable bonds is 13. The standard InChI is InChI=1S/C17H29N5O7/c1-4-12(23)20-11-22(9-13(24)18-6-3)16(27)7-19-14(25)8-21(10-17(28)29)15(26)5-2/h4-11H2,1-3H3,(H,18,24)(H,19,25)(H,20,23)(H,28,29). The number of nitrogens with zero attached hydrogens (tertiary/aromatic N) is 2. The molecule has 0 rings (SSSR count). The number of carboxylic acids is 1. The van der Waals surface area contributed by atoms with E-state index in [9.17, 15) is 28.8 Å². The highest BCUT2D eigenvalue weighted by molar-refractivity contribution is 5.91. The molecular formula is C17H29N5O7. The van der Waals surface area contributed by atoms with E-state index >= 15 is 0 Å². The van der Waals surface area contributed by atoms with Crippen LogP contribution in [0, 0.1) is 0 Å². The molecule has 12 nitrogen and oxygen atoms in total. The molecule has 0 aromatic heterocycles. The molecule has 4 N–H and O–H groups in total. The van der Waals surface area contributed by atoms with Gasteiger partial charge in [-0.05, 0) is 6.92 Å². The van der Waals surface area contributed by atoms with Gasteiger partial charge in [0, 0.05) is 19.4 Å². The molecule has 0 unspecified atom stereocenters. The van der Waals surface area contributed by atoms with Crippen LogP contribution in [-0.4, -0.2) is 89.8 Å². The Labute approximate surface area is 169 Å². The molecule has 0 aliphatic carbocycles. The molecule has 0 saturated heterocycles. The van der Waals surface area contributed by atoms with Gasteiger partial charge >= 0.3 is 5.97 Å². The lowest BCUT2D eigenvalue weighted by atomic mass is 10.3. The summed E-state index contributed by atoms with van der Waals surface area (Å²) in [7, 11) is 0. The van der Waals surface area contributed by atoms with Gasteiger partial charge in [-0.25, -0.2) is 0 Å². The third kappa shape index (κ3) is 11.3. The van der Waals surface area contributed by atoms with Crippen LogP contribution < -0.4 is 16.0 Å². The summed E-state index contributed by atoms with van der Waals surface area (Å²) in [5.41, 5.74) is 0. The molecule has 29 heavy (non-hydrogen) atoms. The molecule has 0 spiro atoms. The number of hydrogen-bond acceptors (Lipinski definition) is 6. The SMILES string of the molecule is CCNC(=O)CN(CNC(=O)CC)C(=O)CNC(=O)CN(CC(=O)O)C(=O)CC. The fourth-order valence-corrected chi connectivity index (χ4v) is 2.10. The van der Waals surface area contributed by atoms with Gasteiger partial charge in [-0.1, -0.05) is 13.8 Å². The third-order valence-corrected chi connectivity index (χ3v) is 3.60. The number of aliphatic carboxylic acids is 1. The molecule has 0 aliphatic rings. The molecule has 0 saturated carbocycles. The van der Waals surface area contributed by atoms with Crippen LogP contribution in [0.1, 0.15) is 33.6 Å². The molecule has 0 radical (unpaired) electrons. The number of amides is 5. The lowest BCUT2D eigenvalue weighted by molar-refractivity contribution is -0.146. The topological polar surface area (TPSA) is 165 Å². The van der Waals surface area contributed by atoms with Crippen molar-refractivity contribution in [3.8, 4) is 0 Å². The minimum absolute atomic E-state index is 0.0247.